The number of amides is 4. The number of carbonyl (C=O) groups is 4. The third-order valence-electron chi connectivity index (χ3n) is 5.61. The second-order valence-electron chi connectivity index (χ2n) is 9.11. The van der Waals surface area contributed by atoms with Crippen molar-refractivity contribution in [2.24, 2.45) is 0 Å². The summed E-state index contributed by atoms with van der Waals surface area (Å²) in [7, 11) is 0. The molecule has 0 aliphatic carbocycles. The number of nitrogens with one attached hydrogen (secondary N) is 4. The summed E-state index contributed by atoms with van der Waals surface area (Å²) in [5, 5.41) is 11.0. The minimum atomic E-state index is -0.408. The second-order valence-corrected chi connectivity index (χ2v) is 9.11. The van der Waals surface area contributed by atoms with Crippen LogP contribution < -0.4 is 21.3 Å². The van der Waals surface area contributed by atoms with Gasteiger partial charge in [0.15, 0.2) is 0 Å². The van der Waals surface area contributed by atoms with Gasteiger partial charge in [-0.2, -0.15) is 0 Å². The Morgan fingerprint density at radius 2 is 1.53 bits per heavy atom. The monoisotopic (exact) mass is 454 g/mol. The van der Waals surface area contributed by atoms with E-state index in [-0.39, 0.29) is 35.3 Å². The molecular formula is C22H38N4O6. The summed E-state index contributed by atoms with van der Waals surface area (Å²) in [6, 6.07) is -0.809. The maximum atomic E-state index is 12.0. The zero-order valence-corrected chi connectivity index (χ0v) is 19.5. The van der Waals surface area contributed by atoms with E-state index in [4.69, 9.17) is 9.47 Å². The summed E-state index contributed by atoms with van der Waals surface area (Å²) in [5.41, 5.74) is -0.344. The number of hydrogen-bond acceptors (Lipinski definition) is 6. The zero-order chi connectivity index (χ0) is 23.6. The fourth-order valence-corrected chi connectivity index (χ4v) is 3.63. The summed E-state index contributed by atoms with van der Waals surface area (Å²) in [5.74, 6) is -0.409. The Hall–Kier alpha value is -2.20. The summed E-state index contributed by atoms with van der Waals surface area (Å²) < 4.78 is 11.7. The van der Waals surface area contributed by atoms with E-state index in [0.717, 1.165) is 12.8 Å². The van der Waals surface area contributed by atoms with Gasteiger partial charge in [0, 0.05) is 32.5 Å². The van der Waals surface area contributed by atoms with Gasteiger partial charge < -0.3 is 30.7 Å². The SMILES string of the molecule is CC(COC(C)(C)CCCNC(=O)C1CCC(=O)N1)OCCCNC(=O)C1CCC(=O)N1. The highest BCUT2D eigenvalue weighted by Crippen LogP contribution is 2.17. The fraction of sp³-hybridized carbons (Fsp3) is 0.818. The van der Waals surface area contributed by atoms with Crippen molar-refractivity contribution >= 4 is 23.6 Å². The van der Waals surface area contributed by atoms with E-state index in [1.54, 1.807) is 0 Å². The summed E-state index contributed by atoms with van der Waals surface area (Å²) in [6.45, 7) is 7.96. The smallest absolute Gasteiger partial charge is 0.242 e. The predicted molar refractivity (Wildman–Crippen MR) is 118 cm³/mol. The zero-order valence-electron chi connectivity index (χ0n) is 19.5. The van der Waals surface area contributed by atoms with E-state index in [0.29, 0.717) is 58.4 Å². The van der Waals surface area contributed by atoms with Crippen molar-refractivity contribution in [3.05, 3.63) is 0 Å². The van der Waals surface area contributed by atoms with Crippen LogP contribution in [0.4, 0.5) is 0 Å². The molecule has 4 amide bonds. The van der Waals surface area contributed by atoms with Crippen molar-refractivity contribution in [2.75, 3.05) is 26.3 Å². The maximum Gasteiger partial charge on any atom is 0.242 e. The molecule has 2 rings (SSSR count). The number of rotatable bonds is 14. The highest BCUT2D eigenvalue weighted by atomic mass is 16.5. The van der Waals surface area contributed by atoms with Crippen LogP contribution in [-0.4, -0.2) is 73.7 Å². The molecule has 10 heteroatoms. The normalized spacial score (nSPS) is 21.7. The molecule has 10 nitrogen and oxygen atoms in total. The molecule has 182 valence electrons. The first kappa shape index (κ1) is 26.1. The van der Waals surface area contributed by atoms with Gasteiger partial charge in [0.05, 0.1) is 18.3 Å². The van der Waals surface area contributed by atoms with E-state index >= 15 is 0 Å². The molecule has 0 radical (unpaired) electrons. The Bertz CT molecular complexity index is 669. The topological polar surface area (TPSA) is 135 Å². The van der Waals surface area contributed by atoms with E-state index < -0.39 is 12.1 Å². The highest BCUT2D eigenvalue weighted by molar-refractivity contribution is 5.91. The fourth-order valence-electron chi connectivity index (χ4n) is 3.63. The Morgan fingerprint density at radius 3 is 2.03 bits per heavy atom. The van der Waals surface area contributed by atoms with Crippen molar-refractivity contribution in [1.29, 1.82) is 0 Å². The molecular weight excluding hydrogens is 416 g/mol. The van der Waals surface area contributed by atoms with Gasteiger partial charge in [0.1, 0.15) is 12.1 Å². The summed E-state index contributed by atoms with van der Waals surface area (Å²) >= 11 is 0. The van der Waals surface area contributed by atoms with Crippen molar-refractivity contribution in [2.45, 2.75) is 89.5 Å². The Labute approximate surface area is 189 Å². The second kappa shape index (κ2) is 12.7. The average molecular weight is 455 g/mol. The predicted octanol–water partition coefficient (Wildman–Crippen LogP) is 0.147. The van der Waals surface area contributed by atoms with Crippen molar-refractivity contribution in [1.82, 2.24) is 21.3 Å². The van der Waals surface area contributed by atoms with Gasteiger partial charge in [-0.3, -0.25) is 19.2 Å². The van der Waals surface area contributed by atoms with Crippen LogP contribution in [0.2, 0.25) is 0 Å². The Morgan fingerprint density at radius 1 is 1.00 bits per heavy atom. The lowest BCUT2D eigenvalue weighted by Gasteiger charge is -2.27. The van der Waals surface area contributed by atoms with E-state index in [1.807, 2.05) is 20.8 Å². The van der Waals surface area contributed by atoms with Crippen LogP contribution in [0, 0.1) is 0 Å². The standard InChI is InChI=1S/C22H38N4O6/c1-15(31-13-5-12-24-21(30)17-7-9-19(28)26-17)14-32-22(2,3)10-4-11-23-20(29)16-6-8-18(27)25-16/h15-17H,4-14H2,1-3H3,(H,23,29)(H,24,30)(H,25,27)(H,26,28). The first-order chi connectivity index (χ1) is 15.2. The molecule has 4 N–H and O–H groups in total. The van der Waals surface area contributed by atoms with Crippen LogP contribution in [0.1, 0.15) is 65.7 Å². The molecule has 0 saturated carbocycles. The summed E-state index contributed by atoms with van der Waals surface area (Å²) in [6.07, 6.45) is 4.08. The largest absolute Gasteiger partial charge is 0.376 e. The third-order valence-corrected chi connectivity index (χ3v) is 5.61. The molecule has 2 aliphatic heterocycles. The lowest BCUT2D eigenvalue weighted by atomic mass is 10.0. The molecule has 0 bridgehead atoms. The first-order valence-corrected chi connectivity index (χ1v) is 11.6. The van der Waals surface area contributed by atoms with E-state index in [1.165, 1.54) is 0 Å². The average Bonchev–Trinajstić information content (AvgIpc) is 3.37. The van der Waals surface area contributed by atoms with Crippen LogP contribution >= 0.6 is 0 Å². The van der Waals surface area contributed by atoms with Gasteiger partial charge in [-0.25, -0.2) is 0 Å². The quantitative estimate of drug-likeness (QED) is 0.276. The number of hydrogen-bond donors (Lipinski definition) is 4. The maximum absolute atomic E-state index is 12.0. The first-order valence-electron chi connectivity index (χ1n) is 11.6. The molecule has 0 aromatic heterocycles. The Kier molecular flexibility index (Phi) is 10.4. The minimum Gasteiger partial charge on any atom is -0.376 e. The summed E-state index contributed by atoms with van der Waals surface area (Å²) in [4.78, 5) is 46.2. The molecule has 2 saturated heterocycles. The highest BCUT2D eigenvalue weighted by Gasteiger charge is 2.28. The van der Waals surface area contributed by atoms with Gasteiger partial charge in [0.2, 0.25) is 23.6 Å². The third kappa shape index (κ3) is 9.52. The lowest BCUT2D eigenvalue weighted by Crippen LogP contribution is -2.42. The minimum absolute atomic E-state index is 0.0696. The van der Waals surface area contributed by atoms with Crippen molar-refractivity contribution in [3.8, 4) is 0 Å². The molecule has 0 spiro atoms. The molecule has 0 aromatic rings. The van der Waals surface area contributed by atoms with Crippen LogP contribution in [0.5, 0.6) is 0 Å². The van der Waals surface area contributed by atoms with Gasteiger partial charge in [-0.1, -0.05) is 0 Å². The van der Waals surface area contributed by atoms with Gasteiger partial charge in [-0.15, -0.1) is 0 Å². The molecule has 32 heavy (non-hydrogen) atoms. The lowest BCUT2D eigenvalue weighted by molar-refractivity contribution is -0.125. The van der Waals surface area contributed by atoms with E-state index in [2.05, 4.69) is 21.3 Å². The van der Waals surface area contributed by atoms with Crippen LogP contribution in [-0.2, 0) is 28.7 Å². The van der Waals surface area contributed by atoms with Gasteiger partial charge >= 0.3 is 0 Å². The van der Waals surface area contributed by atoms with Crippen LogP contribution in [0.25, 0.3) is 0 Å². The molecule has 3 atom stereocenters. The van der Waals surface area contributed by atoms with Crippen molar-refractivity contribution < 1.29 is 28.7 Å². The molecule has 2 fully saturated rings. The molecule has 2 heterocycles. The van der Waals surface area contributed by atoms with E-state index in [9.17, 15) is 19.2 Å². The molecule has 0 aromatic carbocycles. The molecule has 3 unspecified atom stereocenters. The number of carbonyl (C=O) groups excluding carboxylic acids is 4. The Balaban J connectivity index is 1.47. The van der Waals surface area contributed by atoms with Gasteiger partial charge in [0.25, 0.3) is 0 Å². The van der Waals surface area contributed by atoms with Crippen LogP contribution in [0.15, 0.2) is 0 Å². The van der Waals surface area contributed by atoms with Gasteiger partial charge in [-0.05, 0) is 52.9 Å². The van der Waals surface area contributed by atoms with Crippen molar-refractivity contribution in [3.63, 3.8) is 0 Å². The van der Waals surface area contributed by atoms with Crippen LogP contribution in [0.3, 0.4) is 0 Å². The number of ether oxygens (including phenoxy) is 2. The molecule has 2 aliphatic rings.